The molecule has 2 aromatic rings. The summed E-state index contributed by atoms with van der Waals surface area (Å²) in [5.74, 6) is 0. The molecule has 0 radical (unpaired) electrons. The van der Waals surface area contributed by atoms with Crippen molar-refractivity contribution in [2.75, 3.05) is 0 Å². The molecule has 0 amide bonds. The van der Waals surface area contributed by atoms with Crippen LogP contribution < -0.4 is 11.2 Å². The van der Waals surface area contributed by atoms with Crippen LogP contribution in [0.3, 0.4) is 0 Å². The molecule has 0 spiro atoms. The van der Waals surface area contributed by atoms with Crippen molar-refractivity contribution < 1.29 is 5.11 Å². The highest BCUT2D eigenvalue weighted by molar-refractivity contribution is 5.19. The minimum absolute atomic E-state index is 0.228. The van der Waals surface area contributed by atoms with Gasteiger partial charge in [-0.1, -0.05) is 30.3 Å². The summed E-state index contributed by atoms with van der Waals surface area (Å²) in [6.45, 7) is 0. The molecule has 0 bridgehead atoms. The van der Waals surface area contributed by atoms with E-state index in [4.69, 9.17) is 0 Å². The lowest BCUT2D eigenvalue weighted by molar-refractivity contribution is 0.175. The molecule has 1 atom stereocenters. The van der Waals surface area contributed by atoms with Crippen molar-refractivity contribution in [2.45, 2.75) is 12.5 Å². The van der Waals surface area contributed by atoms with E-state index in [1.165, 1.54) is 17.7 Å². The van der Waals surface area contributed by atoms with Crippen molar-refractivity contribution >= 4 is 0 Å². The maximum Gasteiger partial charge on any atom is 0.330 e. The molecule has 0 saturated heterocycles. The Hall–Kier alpha value is -2.14. The van der Waals surface area contributed by atoms with Gasteiger partial charge in [0, 0.05) is 32.3 Å². The minimum Gasteiger partial charge on any atom is -0.388 e. The fourth-order valence-corrected chi connectivity index (χ4v) is 1.97. The first-order valence-electron chi connectivity index (χ1n) is 5.99. The van der Waals surface area contributed by atoms with Crippen LogP contribution in [0.1, 0.15) is 17.4 Å². The second kappa shape index (κ2) is 5.24. The van der Waals surface area contributed by atoms with Gasteiger partial charge in [0.25, 0.3) is 5.56 Å². The Morgan fingerprint density at radius 1 is 1.11 bits per heavy atom. The van der Waals surface area contributed by atoms with E-state index in [0.717, 1.165) is 10.1 Å². The predicted molar refractivity (Wildman–Crippen MR) is 72.0 cm³/mol. The summed E-state index contributed by atoms with van der Waals surface area (Å²) in [6.07, 6.45) is -0.509. The summed E-state index contributed by atoms with van der Waals surface area (Å²) in [5.41, 5.74) is 0.529. The Balaban J connectivity index is 2.35. The van der Waals surface area contributed by atoms with Crippen molar-refractivity contribution in [1.82, 2.24) is 9.13 Å². The zero-order valence-corrected chi connectivity index (χ0v) is 10.9. The van der Waals surface area contributed by atoms with Gasteiger partial charge in [-0.2, -0.15) is 0 Å². The minimum atomic E-state index is -0.737. The van der Waals surface area contributed by atoms with Gasteiger partial charge in [0.1, 0.15) is 0 Å². The van der Waals surface area contributed by atoms with E-state index >= 15 is 0 Å². The average molecular weight is 260 g/mol. The van der Waals surface area contributed by atoms with Gasteiger partial charge in [0.05, 0.1) is 6.10 Å². The van der Waals surface area contributed by atoms with Crippen molar-refractivity contribution in [3.05, 3.63) is 68.5 Å². The van der Waals surface area contributed by atoms with E-state index in [1.807, 2.05) is 30.3 Å². The van der Waals surface area contributed by atoms with Crippen LogP contribution in [0.5, 0.6) is 0 Å². The van der Waals surface area contributed by atoms with Crippen molar-refractivity contribution in [1.29, 1.82) is 0 Å². The number of aromatic nitrogens is 2. The third-order valence-corrected chi connectivity index (χ3v) is 3.21. The van der Waals surface area contributed by atoms with Gasteiger partial charge in [0.15, 0.2) is 0 Å². The molecular formula is C14H16N2O3. The fraction of sp³-hybridized carbons (Fsp3) is 0.286. The molecule has 1 N–H and O–H groups in total. The van der Waals surface area contributed by atoms with Gasteiger partial charge < -0.3 is 9.67 Å². The highest BCUT2D eigenvalue weighted by Gasteiger charge is 2.12. The van der Waals surface area contributed by atoms with Gasteiger partial charge in [-0.3, -0.25) is 9.36 Å². The Labute approximate surface area is 110 Å². The Morgan fingerprint density at radius 2 is 1.74 bits per heavy atom. The van der Waals surface area contributed by atoms with Gasteiger partial charge in [-0.05, 0) is 5.56 Å². The summed E-state index contributed by atoms with van der Waals surface area (Å²) >= 11 is 0. The molecule has 100 valence electrons. The van der Waals surface area contributed by atoms with E-state index in [0.29, 0.717) is 5.69 Å². The van der Waals surface area contributed by atoms with Crippen LogP contribution in [0.4, 0.5) is 0 Å². The smallest absolute Gasteiger partial charge is 0.330 e. The van der Waals surface area contributed by atoms with E-state index in [2.05, 4.69) is 0 Å². The lowest BCUT2D eigenvalue weighted by atomic mass is 10.0. The quantitative estimate of drug-likeness (QED) is 0.866. The third kappa shape index (κ3) is 2.66. The van der Waals surface area contributed by atoms with Gasteiger partial charge in [0.2, 0.25) is 0 Å². The number of nitrogens with zero attached hydrogens (tertiary/aromatic N) is 2. The van der Waals surface area contributed by atoms with Crippen LogP contribution in [0, 0.1) is 0 Å². The molecule has 1 unspecified atom stereocenters. The largest absolute Gasteiger partial charge is 0.388 e. The number of hydrogen-bond acceptors (Lipinski definition) is 3. The lowest BCUT2D eigenvalue weighted by Gasteiger charge is -2.14. The molecule has 0 fully saturated rings. The van der Waals surface area contributed by atoms with Crippen LogP contribution in [0.2, 0.25) is 0 Å². The molecule has 1 heterocycles. The molecule has 0 aliphatic carbocycles. The number of benzene rings is 1. The second-order valence-corrected chi connectivity index (χ2v) is 4.51. The summed E-state index contributed by atoms with van der Waals surface area (Å²) in [4.78, 5) is 23.4. The number of hydrogen-bond donors (Lipinski definition) is 1. The van der Waals surface area contributed by atoms with Crippen LogP contribution >= 0.6 is 0 Å². The number of aliphatic hydroxyl groups is 1. The van der Waals surface area contributed by atoms with Crippen LogP contribution in [0.15, 0.2) is 46.0 Å². The predicted octanol–water partition coefficient (Wildman–Crippen LogP) is 0.360. The van der Waals surface area contributed by atoms with Gasteiger partial charge >= 0.3 is 5.69 Å². The molecule has 5 nitrogen and oxygen atoms in total. The number of rotatable bonds is 3. The van der Waals surface area contributed by atoms with Crippen molar-refractivity contribution in [2.24, 2.45) is 14.1 Å². The Kier molecular flexibility index (Phi) is 3.66. The first-order chi connectivity index (χ1) is 9.00. The van der Waals surface area contributed by atoms with E-state index in [-0.39, 0.29) is 17.7 Å². The van der Waals surface area contributed by atoms with Crippen molar-refractivity contribution in [3.8, 4) is 0 Å². The topological polar surface area (TPSA) is 64.2 Å². The highest BCUT2D eigenvalue weighted by Crippen LogP contribution is 2.16. The number of aliphatic hydroxyl groups excluding tert-OH is 1. The van der Waals surface area contributed by atoms with Crippen LogP contribution in [0.25, 0.3) is 0 Å². The third-order valence-electron chi connectivity index (χ3n) is 3.21. The molecule has 2 rings (SSSR count). The zero-order chi connectivity index (χ0) is 14.0. The molecular weight excluding hydrogens is 244 g/mol. The summed E-state index contributed by atoms with van der Waals surface area (Å²) in [6, 6.07) is 10.5. The standard InChI is InChI=1S/C14H16N2O3/c1-15-11(9-13(18)16(2)14(15)19)8-12(17)10-6-4-3-5-7-10/h3-7,9,12,17H,8H2,1-2H3. The maximum atomic E-state index is 11.8. The molecule has 1 aromatic heterocycles. The normalized spacial score (nSPS) is 12.4. The summed E-state index contributed by atoms with van der Waals surface area (Å²) in [7, 11) is 3.02. The van der Waals surface area contributed by atoms with E-state index in [9.17, 15) is 14.7 Å². The Morgan fingerprint density at radius 3 is 2.37 bits per heavy atom. The molecule has 0 saturated carbocycles. The lowest BCUT2D eigenvalue weighted by Crippen LogP contribution is -2.38. The molecule has 5 heteroatoms. The summed E-state index contributed by atoms with van der Waals surface area (Å²) in [5, 5.41) is 10.1. The first kappa shape index (κ1) is 13.3. The van der Waals surface area contributed by atoms with E-state index in [1.54, 1.807) is 7.05 Å². The molecule has 0 aliphatic heterocycles. The van der Waals surface area contributed by atoms with Gasteiger partial charge in [-0.15, -0.1) is 0 Å². The highest BCUT2D eigenvalue weighted by atomic mass is 16.3. The zero-order valence-electron chi connectivity index (χ0n) is 10.9. The monoisotopic (exact) mass is 260 g/mol. The van der Waals surface area contributed by atoms with Gasteiger partial charge in [-0.25, -0.2) is 4.79 Å². The molecule has 0 aliphatic rings. The SMILES string of the molecule is Cn1c(CC(O)c2ccccc2)cc(=O)n(C)c1=O. The second-order valence-electron chi connectivity index (χ2n) is 4.51. The van der Waals surface area contributed by atoms with Crippen LogP contribution in [-0.2, 0) is 20.5 Å². The summed E-state index contributed by atoms with van der Waals surface area (Å²) < 4.78 is 2.42. The Bertz CT molecular complexity index is 686. The molecule has 19 heavy (non-hydrogen) atoms. The van der Waals surface area contributed by atoms with Crippen molar-refractivity contribution in [3.63, 3.8) is 0 Å². The maximum absolute atomic E-state index is 11.8. The average Bonchev–Trinajstić information content (AvgIpc) is 2.43. The molecule has 1 aromatic carbocycles. The fourth-order valence-electron chi connectivity index (χ4n) is 1.97. The van der Waals surface area contributed by atoms with E-state index < -0.39 is 6.10 Å². The van der Waals surface area contributed by atoms with Crippen LogP contribution in [-0.4, -0.2) is 14.2 Å². The first-order valence-corrected chi connectivity index (χ1v) is 5.99.